The van der Waals surface area contributed by atoms with E-state index >= 15 is 0 Å². The Morgan fingerprint density at radius 2 is 1.80 bits per heavy atom. The van der Waals surface area contributed by atoms with E-state index in [9.17, 15) is 16.8 Å². The minimum Gasteiger partial charge on any atom is -0.380 e. The zero-order chi connectivity index (χ0) is 15.4. The molecule has 0 saturated carbocycles. The van der Waals surface area contributed by atoms with E-state index in [4.69, 9.17) is 9.88 Å². The lowest BCUT2D eigenvalue weighted by molar-refractivity contribution is 0.138. The van der Waals surface area contributed by atoms with E-state index in [2.05, 4.69) is 0 Å². The Morgan fingerprint density at radius 3 is 2.35 bits per heavy atom. The Labute approximate surface area is 119 Å². The Kier molecular flexibility index (Phi) is 5.66. The fourth-order valence-corrected chi connectivity index (χ4v) is 3.28. The summed E-state index contributed by atoms with van der Waals surface area (Å²) in [6.07, 6.45) is 0. The van der Waals surface area contributed by atoms with Crippen molar-refractivity contribution in [2.75, 3.05) is 26.8 Å². The summed E-state index contributed by atoms with van der Waals surface area (Å²) in [5, 5.41) is 4.99. The summed E-state index contributed by atoms with van der Waals surface area (Å²) < 4.78 is 53.2. The molecule has 114 valence electrons. The molecule has 20 heavy (non-hydrogen) atoms. The van der Waals surface area contributed by atoms with Crippen LogP contribution in [-0.2, 0) is 24.8 Å². The van der Waals surface area contributed by atoms with Gasteiger partial charge < -0.3 is 4.74 Å². The van der Waals surface area contributed by atoms with Gasteiger partial charge in [-0.15, -0.1) is 0 Å². The molecule has 0 aromatic heterocycles. The molecule has 1 aromatic rings. The monoisotopic (exact) mass is 322 g/mol. The minimum atomic E-state index is -3.94. The number of rotatable bonds is 7. The Bertz CT molecular complexity index is 655. The Hall–Kier alpha value is -1.00. The van der Waals surface area contributed by atoms with Crippen LogP contribution in [0.15, 0.2) is 34.1 Å². The summed E-state index contributed by atoms with van der Waals surface area (Å²) in [5.41, 5.74) is 0. The summed E-state index contributed by atoms with van der Waals surface area (Å²) in [6, 6.07) is 4.95. The highest BCUT2D eigenvalue weighted by atomic mass is 32.2. The second-order valence-electron chi connectivity index (χ2n) is 4.04. The Morgan fingerprint density at radius 1 is 1.20 bits per heavy atom. The third kappa shape index (κ3) is 4.25. The van der Waals surface area contributed by atoms with Gasteiger partial charge in [0.15, 0.2) is 0 Å². The number of benzene rings is 1. The number of primary sulfonamides is 1. The molecule has 0 amide bonds. The van der Waals surface area contributed by atoms with E-state index in [1.807, 2.05) is 6.92 Å². The molecular weight excluding hydrogens is 304 g/mol. The second-order valence-corrected chi connectivity index (χ2v) is 7.65. The van der Waals surface area contributed by atoms with Gasteiger partial charge in [0.05, 0.1) is 16.4 Å². The van der Waals surface area contributed by atoms with Crippen LogP contribution in [0, 0.1) is 0 Å². The fraction of sp³-hybridized carbons (Fsp3) is 0.455. The molecule has 0 heterocycles. The van der Waals surface area contributed by atoms with E-state index < -0.39 is 20.0 Å². The van der Waals surface area contributed by atoms with Crippen molar-refractivity contribution in [3.63, 3.8) is 0 Å². The number of hydrogen-bond acceptors (Lipinski definition) is 5. The average molecular weight is 322 g/mol. The minimum absolute atomic E-state index is 0.122. The third-order valence-corrected chi connectivity index (χ3v) is 5.36. The molecule has 1 rings (SSSR count). The van der Waals surface area contributed by atoms with E-state index in [-0.39, 0.29) is 22.9 Å². The van der Waals surface area contributed by atoms with Gasteiger partial charge in [-0.2, -0.15) is 4.31 Å². The molecule has 0 unspecified atom stereocenters. The third-order valence-electron chi connectivity index (χ3n) is 2.60. The van der Waals surface area contributed by atoms with Gasteiger partial charge in [0.1, 0.15) is 0 Å². The average Bonchev–Trinajstić information content (AvgIpc) is 2.38. The van der Waals surface area contributed by atoms with Crippen molar-refractivity contribution in [2.45, 2.75) is 16.7 Å². The number of nitrogens with two attached hydrogens (primary N) is 1. The Balaban J connectivity index is 3.04. The number of hydrogen-bond donors (Lipinski definition) is 1. The lowest BCUT2D eigenvalue weighted by Crippen LogP contribution is -2.30. The smallest absolute Gasteiger partial charge is 0.242 e. The molecule has 0 aliphatic carbocycles. The van der Waals surface area contributed by atoms with E-state index in [0.29, 0.717) is 6.61 Å². The van der Waals surface area contributed by atoms with Crippen LogP contribution in [-0.4, -0.2) is 47.9 Å². The first-order valence-corrected chi connectivity index (χ1v) is 8.85. The van der Waals surface area contributed by atoms with Gasteiger partial charge >= 0.3 is 0 Å². The molecule has 9 heteroatoms. The summed E-state index contributed by atoms with van der Waals surface area (Å²) >= 11 is 0. The first kappa shape index (κ1) is 17.1. The van der Waals surface area contributed by atoms with Gasteiger partial charge in [-0.3, -0.25) is 0 Å². The molecule has 7 nitrogen and oxygen atoms in total. The van der Waals surface area contributed by atoms with Crippen LogP contribution in [0.25, 0.3) is 0 Å². The lowest BCUT2D eigenvalue weighted by Gasteiger charge is -2.17. The van der Waals surface area contributed by atoms with Crippen LogP contribution < -0.4 is 5.14 Å². The largest absolute Gasteiger partial charge is 0.380 e. The topological polar surface area (TPSA) is 107 Å². The van der Waals surface area contributed by atoms with Gasteiger partial charge in [0.25, 0.3) is 0 Å². The van der Waals surface area contributed by atoms with Crippen molar-refractivity contribution in [3.8, 4) is 0 Å². The second kappa shape index (κ2) is 6.64. The number of ether oxygens (including phenoxy) is 1. The number of nitrogens with zero attached hydrogens (tertiary/aromatic N) is 1. The molecular formula is C11H18N2O5S2. The number of likely N-dealkylation sites (N-methyl/N-ethyl adjacent to an activating group) is 1. The molecule has 0 aliphatic heterocycles. The van der Waals surface area contributed by atoms with Crippen LogP contribution >= 0.6 is 0 Å². The molecule has 0 fully saturated rings. The van der Waals surface area contributed by atoms with Crippen LogP contribution in [0.2, 0.25) is 0 Å². The predicted molar refractivity (Wildman–Crippen MR) is 74.1 cm³/mol. The van der Waals surface area contributed by atoms with Gasteiger partial charge in [0, 0.05) is 20.2 Å². The molecule has 1 aromatic carbocycles. The van der Waals surface area contributed by atoms with Gasteiger partial charge in [-0.05, 0) is 25.1 Å². The highest BCUT2D eigenvalue weighted by Gasteiger charge is 2.22. The highest BCUT2D eigenvalue weighted by molar-refractivity contribution is 7.90. The molecule has 0 atom stereocenters. The summed E-state index contributed by atoms with van der Waals surface area (Å²) in [7, 11) is -6.31. The standard InChI is InChI=1S/C11H18N2O5S2/c1-3-18-8-7-13(2)20(16,17)11-6-4-5-10(9-11)19(12,14)15/h4-6,9H,3,7-8H2,1-2H3,(H2,12,14,15). The van der Waals surface area contributed by atoms with Crippen molar-refractivity contribution in [3.05, 3.63) is 24.3 Å². The molecule has 2 N–H and O–H groups in total. The van der Waals surface area contributed by atoms with Crippen LogP contribution in [0.1, 0.15) is 6.92 Å². The fourth-order valence-electron chi connectivity index (χ4n) is 1.45. The van der Waals surface area contributed by atoms with E-state index in [0.717, 1.165) is 10.4 Å². The molecule has 0 radical (unpaired) electrons. The molecule has 0 spiro atoms. The zero-order valence-electron chi connectivity index (χ0n) is 11.3. The van der Waals surface area contributed by atoms with Gasteiger partial charge in [-0.25, -0.2) is 22.0 Å². The molecule has 0 saturated heterocycles. The summed E-state index contributed by atoms with van der Waals surface area (Å²) in [6.45, 7) is 2.75. The highest BCUT2D eigenvalue weighted by Crippen LogP contribution is 2.17. The van der Waals surface area contributed by atoms with Crippen molar-refractivity contribution < 1.29 is 21.6 Å². The van der Waals surface area contributed by atoms with E-state index in [1.54, 1.807) is 0 Å². The van der Waals surface area contributed by atoms with Crippen molar-refractivity contribution in [2.24, 2.45) is 5.14 Å². The summed E-state index contributed by atoms with van der Waals surface area (Å²) in [4.78, 5) is -0.361. The normalized spacial score (nSPS) is 12.8. The molecule has 0 bridgehead atoms. The summed E-state index contributed by atoms with van der Waals surface area (Å²) in [5.74, 6) is 0. The van der Waals surface area contributed by atoms with Crippen LogP contribution in [0.5, 0.6) is 0 Å². The maximum atomic E-state index is 12.2. The SMILES string of the molecule is CCOCCN(C)S(=O)(=O)c1cccc(S(N)(=O)=O)c1. The predicted octanol–water partition coefficient (Wildman–Crippen LogP) is -0.00900. The zero-order valence-corrected chi connectivity index (χ0v) is 12.9. The number of sulfonamides is 2. The van der Waals surface area contributed by atoms with Crippen molar-refractivity contribution in [1.29, 1.82) is 0 Å². The van der Waals surface area contributed by atoms with Crippen LogP contribution in [0.3, 0.4) is 0 Å². The van der Waals surface area contributed by atoms with Crippen molar-refractivity contribution >= 4 is 20.0 Å². The first-order chi connectivity index (χ1) is 9.19. The maximum Gasteiger partial charge on any atom is 0.242 e. The van der Waals surface area contributed by atoms with Crippen LogP contribution in [0.4, 0.5) is 0 Å². The molecule has 0 aliphatic rings. The first-order valence-electron chi connectivity index (χ1n) is 5.86. The quantitative estimate of drug-likeness (QED) is 0.711. The van der Waals surface area contributed by atoms with E-state index in [1.165, 1.54) is 25.2 Å². The van der Waals surface area contributed by atoms with Gasteiger partial charge in [-0.1, -0.05) is 6.07 Å². The lowest BCUT2D eigenvalue weighted by atomic mass is 10.4. The maximum absolute atomic E-state index is 12.2. The van der Waals surface area contributed by atoms with Crippen molar-refractivity contribution in [1.82, 2.24) is 4.31 Å². The van der Waals surface area contributed by atoms with Gasteiger partial charge in [0.2, 0.25) is 20.0 Å².